The van der Waals surface area contributed by atoms with Crippen molar-refractivity contribution in [3.63, 3.8) is 0 Å². The molecule has 2 aromatic heterocycles. The lowest BCUT2D eigenvalue weighted by Crippen LogP contribution is -2.03. The van der Waals surface area contributed by atoms with Crippen LogP contribution in [0.4, 0.5) is 10.2 Å². The molecule has 3 rings (SSSR count). The van der Waals surface area contributed by atoms with E-state index in [2.05, 4.69) is 20.3 Å². The van der Waals surface area contributed by atoms with Gasteiger partial charge in [-0.3, -0.25) is 0 Å². The van der Waals surface area contributed by atoms with Crippen molar-refractivity contribution in [3.05, 3.63) is 59.4 Å². The minimum atomic E-state index is -0.360. The third-order valence-electron chi connectivity index (χ3n) is 2.86. The average Bonchev–Trinajstić information content (AvgIpc) is 2.47. The molecule has 0 fully saturated rings. The van der Waals surface area contributed by atoms with Gasteiger partial charge < -0.3 is 5.32 Å². The summed E-state index contributed by atoms with van der Waals surface area (Å²) in [6, 6.07) is 8.38. The maximum atomic E-state index is 13.6. The minimum Gasteiger partial charge on any atom is -0.365 e. The molecule has 0 saturated carbocycles. The van der Waals surface area contributed by atoms with E-state index in [1.54, 1.807) is 24.4 Å². The molecular weight excluding hydrogens is 279 g/mol. The molecule has 4 nitrogen and oxygen atoms in total. The van der Waals surface area contributed by atoms with Crippen molar-refractivity contribution in [1.29, 1.82) is 0 Å². The van der Waals surface area contributed by atoms with Crippen molar-refractivity contribution in [3.8, 4) is 0 Å². The van der Waals surface area contributed by atoms with Crippen molar-refractivity contribution in [2.75, 3.05) is 5.32 Å². The minimum absolute atomic E-state index is 0.305. The molecule has 0 bridgehead atoms. The van der Waals surface area contributed by atoms with Crippen LogP contribution in [0.1, 0.15) is 5.56 Å². The first-order chi connectivity index (χ1) is 9.74. The number of para-hydroxylation sites is 1. The molecule has 2 heterocycles. The van der Waals surface area contributed by atoms with Gasteiger partial charge in [-0.2, -0.15) is 0 Å². The summed E-state index contributed by atoms with van der Waals surface area (Å²) in [7, 11) is 0. The van der Waals surface area contributed by atoms with E-state index in [1.807, 2.05) is 6.07 Å². The van der Waals surface area contributed by atoms with Gasteiger partial charge in [0.05, 0.1) is 0 Å². The monoisotopic (exact) mass is 288 g/mol. The number of anilines is 1. The van der Waals surface area contributed by atoms with Crippen LogP contribution in [0.5, 0.6) is 0 Å². The molecule has 0 unspecified atom stereocenters. The van der Waals surface area contributed by atoms with E-state index >= 15 is 0 Å². The Morgan fingerprint density at radius 3 is 2.80 bits per heavy atom. The number of benzene rings is 1. The number of hydrogen-bond acceptors (Lipinski definition) is 4. The standard InChI is InChI=1S/C14H10ClFN4/c15-12-5-4-9(6-17-12)7-18-14-10-2-1-3-11(16)13(10)19-8-20-14/h1-6,8H,7H2,(H,18,19,20). The number of halogens is 2. The SMILES string of the molecule is Fc1cccc2c(NCc3ccc(Cl)nc3)ncnc12. The van der Waals surface area contributed by atoms with Gasteiger partial charge >= 0.3 is 0 Å². The number of rotatable bonds is 3. The maximum Gasteiger partial charge on any atom is 0.149 e. The normalized spacial score (nSPS) is 10.7. The van der Waals surface area contributed by atoms with Gasteiger partial charge in [0.25, 0.3) is 0 Å². The van der Waals surface area contributed by atoms with Crippen LogP contribution in [0.2, 0.25) is 5.15 Å². The third kappa shape index (κ3) is 2.53. The zero-order chi connectivity index (χ0) is 13.9. The van der Waals surface area contributed by atoms with Gasteiger partial charge in [-0.1, -0.05) is 23.7 Å². The molecule has 0 saturated heterocycles. The van der Waals surface area contributed by atoms with Gasteiger partial charge in [0.1, 0.15) is 28.6 Å². The van der Waals surface area contributed by atoms with Crippen molar-refractivity contribution in [2.45, 2.75) is 6.54 Å². The summed E-state index contributed by atoms with van der Waals surface area (Å²) in [6.45, 7) is 0.521. The van der Waals surface area contributed by atoms with Crippen LogP contribution < -0.4 is 5.32 Å². The zero-order valence-corrected chi connectivity index (χ0v) is 11.1. The van der Waals surface area contributed by atoms with Gasteiger partial charge in [0, 0.05) is 18.1 Å². The molecule has 0 spiro atoms. The van der Waals surface area contributed by atoms with E-state index in [0.29, 0.717) is 28.4 Å². The Labute approximate surface area is 119 Å². The summed E-state index contributed by atoms with van der Waals surface area (Å²) in [5.74, 6) is 0.227. The summed E-state index contributed by atoms with van der Waals surface area (Å²) in [4.78, 5) is 12.1. The predicted octanol–water partition coefficient (Wildman–Crippen LogP) is 3.43. The summed E-state index contributed by atoms with van der Waals surface area (Å²) in [6.07, 6.45) is 3.02. The van der Waals surface area contributed by atoms with Gasteiger partial charge in [-0.15, -0.1) is 0 Å². The highest BCUT2D eigenvalue weighted by molar-refractivity contribution is 6.29. The maximum absolute atomic E-state index is 13.6. The van der Waals surface area contributed by atoms with E-state index in [9.17, 15) is 4.39 Å². The van der Waals surface area contributed by atoms with Crippen molar-refractivity contribution < 1.29 is 4.39 Å². The first-order valence-electron chi connectivity index (χ1n) is 5.97. The summed E-state index contributed by atoms with van der Waals surface area (Å²) >= 11 is 5.73. The second-order valence-corrected chi connectivity index (χ2v) is 4.59. The molecule has 0 radical (unpaired) electrons. The Kier molecular flexibility index (Phi) is 3.43. The van der Waals surface area contributed by atoms with Gasteiger partial charge in [0.2, 0.25) is 0 Å². The summed E-state index contributed by atoms with van der Waals surface area (Å²) in [5, 5.41) is 4.24. The van der Waals surface area contributed by atoms with E-state index < -0.39 is 0 Å². The third-order valence-corrected chi connectivity index (χ3v) is 3.09. The number of nitrogens with one attached hydrogen (secondary N) is 1. The van der Waals surface area contributed by atoms with E-state index in [1.165, 1.54) is 12.4 Å². The Balaban J connectivity index is 1.88. The van der Waals surface area contributed by atoms with Crippen LogP contribution in [0.15, 0.2) is 42.9 Å². The van der Waals surface area contributed by atoms with E-state index in [4.69, 9.17) is 11.6 Å². The van der Waals surface area contributed by atoms with Gasteiger partial charge in [-0.25, -0.2) is 19.3 Å². The van der Waals surface area contributed by atoms with Crippen molar-refractivity contribution in [2.24, 2.45) is 0 Å². The second kappa shape index (κ2) is 5.38. The first kappa shape index (κ1) is 12.7. The molecule has 6 heteroatoms. The molecule has 1 N–H and O–H groups in total. The van der Waals surface area contributed by atoms with Crippen LogP contribution in [0.25, 0.3) is 10.9 Å². The van der Waals surface area contributed by atoms with Crippen LogP contribution in [-0.2, 0) is 6.54 Å². The molecule has 1 aromatic carbocycles. The molecule has 0 aliphatic heterocycles. The van der Waals surface area contributed by atoms with Gasteiger partial charge in [-0.05, 0) is 23.8 Å². The average molecular weight is 289 g/mol. The summed E-state index contributed by atoms with van der Waals surface area (Å²) in [5.41, 5.74) is 1.26. The number of aromatic nitrogens is 3. The summed E-state index contributed by atoms with van der Waals surface area (Å²) < 4.78 is 13.6. The smallest absolute Gasteiger partial charge is 0.149 e. The molecular formula is C14H10ClFN4. The lowest BCUT2D eigenvalue weighted by Gasteiger charge is -2.08. The number of fused-ring (bicyclic) bond motifs is 1. The molecule has 0 atom stereocenters. The Hall–Kier alpha value is -2.27. The molecule has 0 amide bonds. The fraction of sp³-hybridized carbons (Fsp3) is 0.0714. The lowest BCUT2D eigenvalue weighted by molar-refractivity contribution is 0.636. The highest BCUT2D eigenvalue weighted by atomic mass is 35.5. The molecule has 20 heavy (non-hydrogen) atoms. The number of hydrogen-bond donors (Lipinski definition) is 1. The fourth-order valence-electron chi connectivity index (χ4n) is 1.89. The number of pyridine rings is 1. The fourth-order valence-corrected chi connectivity index (χ4v) is 2.00. The van der Waals surface area contributed by atoms with Gasteiger partial charge in [0.15, 0.2) is 0 Å². The van der Waals surface area contributed by atoms with E-state index in [0.717, 1.165) is 5.56 Å². The lowest BCUT2D eigenvalue weighted by atomic mass is 10.2. The molecule has 0 aliphatic rings. The Morgan fingerprint density at radius 1 is 1.10 bits per heavy atom. The first-order valence-corrected chi connectivity index (χ1v) is 6.35. The molecule has 100 valence electrons. The van der Waals surface area contributed by atoms with Crippen LogP contribution >= 0.6 is 11.6 Å². The van der Waals surface area contributed by atoms with Crippen LogP contribution in [0.3, 0.4) is 0 Å². The van der Waals surface area contributed by atoms with Crippen LogP contribution in [0, 0.1) is 5.82 Å². The molecule has 3 aromatic rings. The zero-order valence-electron chi connectivity index (χ0n) is 10.3. The highest BCUT2D eigenvalue weighted by Crippen LogP contribution is 2.21. The largest absolute Gasteiger partial charge is 0.365 e. The van der Waals surface area contributed by atoms with Crippen molar-refractivity contribution in [1.82, 2.24) is 15.0 Å². The molecule has 0 aliphatic carbocycles. The van der Waals surface area contributed by atoms with Crippen LogP contribution in [-0.4, -0.2) is 15.0 Å². The van der Waals surface area contributed by atoms with Crippen molar-refractivity contribution >= 4 is 28.3 Å². The Bertz CT molecular complexity index is 746. The van der Waals surface area contributed by atoms with E-state index in [-0.39, 0.29) is 5.82 Å². The second-order valence-electron chi connectivity index (χ2n) is 4.20. The predicted molar refractivity (Wildman–Crippen MR) is 76.1 cm³/mol. The number of nitrogens with zero attached hydrogens (tertiary/aromatic N) is 3. The Morgan fingerprint density at radius 2 is 2.00 bits per heavy atom. The quantitative estimate of drug-likeness (QED) is 0.750. The highest BCUT2D eigenvalue weighted by Gasteiger charge is 2.06. The topological polar surface area (TPSA) is 50.7 Å².